The normalized spacial score (nSPS) is 29.6. The van der Waals surface area contributed by atoms with Gasteiger partial charge in [0.25, 0.3) is 0 Å². The van der Waals surface area contributed by atoms with Gasteiger partial charge in [-0.2, -0.15) is 0 Å². The van der Waals surface area contributed by atoms with Crippen LogP contribution >= 0.6 is 12.2 Å². The SMILES string of the molecule is COC1CN(C(=S)NC2CCCCC2)CC1OC. The van der Waals surface area contributed by atoms with Crippen molar-refractivity contribution < 1.29 is 9.47 Å². The molecule has 18 heavy (non-hydrogen) atoms. The first-order valence-electron chi connectivity index (χ1n) is 6.85. The molecule has 1 aliphatic carbocycles. The van der Waals surface area contributed by atoms with Gasteiger partial charge in [-0.15, -0.1) is 0 Å². The predicted molar refractivity (Wildman–Crippen MR) is 75.8 cm³/mol. The Kier molecular flexibility index (Phi) is 5.21. The summed E-state index contributed by atoms with van der Waals surface area (Å²) < 4.78 is 10.9. The molecule has 104 valence electrons. The molecular weight excluding hydrogens is 248 g/mol. The molecule has 1 saturated heterocycles. The van der Waals surface area contributed by atoms with Gasteiger partial charge in [0.05, 0.1) is 0 Å². The lowest BCUT2D eigenvalue weighted by molar-refractivity contribution is -0.00461. The van der Waals surface area contributed by atoms with Crippen molar-refractivity contribution in [3.8, 4) is 0 Å². The summed E-state index contributed by atoms with van der Waals surface area (Å²) >= 11 is 5.50. The first-order valence-corrected chi connectivity index (χ1v) is 7.26. The van der Waals surface area contributed by atoms with Gasteiger partial charge in [-0.05, 0) is 25.1 Å². The zero-order valence-electron chi connectivity index (χ0n) is 11.4. The maximum absolute atomic E-state index is 5.50. The van der Waals surface area contributed by atoms with Gasteiger partial charge >= 0.3 is 0 Å². The number of thiocarbonyl (C=S) groups is 1. The van der Waals surface area contributed by atoms with E-state index in [1.54, 1.807) is 14.2 Å². The van der Waals surface area contributed by atoms with Crippen LogP contribution in [0.5, 0.6) is 0 Å². The number of nitrogens with zero attached hydrogens (tertiary/aromatic N) is 1. The number of methoxy groups -OCH3 is 2. The molecule has 2 fully saturated rings. The van der Waals surface area contributed by atoms with Crippen LogP contribution in [0.15, 0.2) is 0 Å². The van der Waals surface area contributed by atoms with E-state index in [1.165, 1.54) is 32.1 Å². The second-order valence-electron chi connectivity index (χ2n) is 5.24. The van der Waals surface area contributed by atoms with Gasteiger partial charge in [0.15, 0.2) is 5.11 Å². The van der Waals surface area contributed by atoms with Gasteiger partial charge in [-0.3, -0.25) is 0 Å². The van der Waals surface area contributed by atoms with Gasteiger partial charge in [-0.25, -0.2) is 0 Å². The van der Waals surface area contributed by atoms with Crippen LogP contribution < -0.4 is 5.32 Å². The average molecular weight is 272 g/mol. The van der Waals surface area contributed by atoms with Crippen molar-refractivity contribution in [2.45, 2.75) is 50.4 Å². The molecule has 1 saturated carbocycles. The van der Waals surface area contributed by atoms with Crippen LogP contribution in [0.2, 0.25) is 0 Å². The zero-order valence-corrected chi connectivity index (χ0v) is 12.2. The van der Waals surface area contributed by atoms with Gasteiger partial charge in [0.1, 0.15) is 12.2 Å². The number of rotatable bonds is 3. The molecule has 2 aliphatic rings. The molecule has 2 unspecified atom stereocenters. The first-order chi connectivity index (χ1) is 8.74. The fraction of sp³-hybridized carbons (Fsp3) is 0.923. The van der Waals surface area contributed by atoms with Crippen molar-refractivity contribution in [1.29, 1.82) is 0 Å². The lowest BCUT2D eigenvalue weighted by Gasteiger charge is -2.28. The fourth-order valence-corrected chi connectivity index (χ4v) is 3.19. The van der Waals surface area contributed by atoms with E-state index in [-0.39, 0.29) is 12.2 Å². The van der Waals surface area contributed by atoms with Crippen molar-refractivity contribution in [1.82, 2.24) is 10.2 Å². The highest BCUT2D eigenvalue weighted by molar-refractivity contribution is 7.80. The summed E-state index contributed by atoms with van der Waals surface area (Å²) in [6.07, 6.45) is 6.75. The second kappa shape index (κ2) is 6.68. The molecule has 0 amide bonds. The van der Waals surface area contributed by atoms with Crippen LogP contribution in [0.1, 0.15) is 32.1 Å². The Morgan fingerprint density at radius 2 is 1.61 bits per heavy atom. The molecule has 4 nitrogen and oxygen atoms in total. The summed E-state index contributed by atoms with van der Waals surface area (Å²) in [6.45, 7) is 1.65. The Morgan fingerprint density at radius 3 is 2.11 bits per heavy atom. The maximum Gasteiger partial charge on any atom is 0.169 e. The van der Waals surface area contributed by atoms with Crippen LogP contribution in [0.3, 0.4) is 0 Å². The minimum absolute atomic E-state index is 0.126. The van der Waals surface area contributed by atoms with Gasteiger partial charge in [-0.1, -0.05) is 19.3 Å². The largest absolute Gasteiger partial charge is 0.377 e. The number of likely N-dealkylation sites (tertiary alicyclic amines) is 1. The van der Waals surface area contributed by atoms with Crippen molar-refractivity contribution in [3.05, 3.63) is 0 Å². The topological polar surface area (TPSA) is 33.7 Å². The monoisotopic (exact) mass is 272 g/mol. The van der Waals surface area contributed by atoms with E-state index < -0.39 is 0 Å². The Labute approximate surface area is 115 Å². The quantitative estimate of drug-likeness (QED) is 0.788. The smallest absolute Gasteiger partial charge is 0.169 e. The van der Waals surface area contributed by atoms with Crippen LogP contribution in [0.4, 0.5) is 0 Å². The summed E-state index contributed by atoms with van der Waals surface area (Å²) in [7, 11) is 3.47. The molecule has 1 heterocycles. The zero-order chi connectivity index (χ0) is 13.0. The van der Waals surface area contributed by atoms with Crippen LogP contribution in [0, 0.1) is 0 Å². The fourth-order valence-electron chi connectivity index (χ4n) is 2.88. The summed E-state index contributed by atoms with van der Waals surface area (Å²) in [4.78, 5) is 2.17. The third-order valence-corrected chi connectivity index (χ3v) is 4.42. The second-order valence-corrected chi connectivity index (χ2v) is 5.62. The van der Waals surface area contributed by atoms with Crippen molar-refractivity contribution in [3.63, 3.8) is 0 Å². The van der Waals surface area contributed by atoms with Crippen LogP contribution in [-0.2, 0) is 9.47 Å². The highest BCUT2D eigenvalue weighted by Gasteiger charge is 2.34. The lowest BCUT2D eigenvalue weighted by Crippen LogP contribution is -2.44. The van der Waals surface area contributed by atoms with Crippen LogP contribution in [-0.4, -0.2) is 55.6 Å². The molecular formula is C13H24N2O2S. The predicted octanol–water partition coefficient (Wildman–Crippen LogP) is 1.54. The Morgan fingerprint density at radius 1 is 1.06 bits per heavy atom. The molecule has 2 atom stereocenters. The lowest BCUT2D eigenvalue weighted by atomic mass is 9.96. The number of nitrogens with one attached hydrogen (secondary N) is 1. The summed E-state index contributed by atoms with van der Waals surface area (Å²) in [6, 6.07) is 0.564. The van der Waals surface area contributed by atoms with E-state index in [9.17, 15) is 0 Å². The van der Waals surface area contributed by atoms with E-state index in [0.717, 1.165) is 18.2 Å². The molecule has 0 aromatic heterocycles. The van der Waals surface area contributed by atoms with E-state index in [0.29, 0.717) is 6.04 Å². The number of ether oxygens (including phenoxy) is 2. The molecule has 5 heteroatoms. The summed E-state index contributed by atoms with van der Waals surface area (Å²) in [5.41, 5.74) is 0. The van der Waals surface area contributed by atoms with E-state index in [1.807, 2.05) is 0 Å². The Balaban J connectivity index is 1.82. The Bertz CT molecular complexity index is 270. The molecule has 0 spiro atoms. The minimum atomic E-state index is 0.126. The van der Waals surface area contributed by atoms with E-state index >= 15 is 0 Å². The number of hydrogen-bond acceptors (Lipinski definition) is 3. The third kappa shape index (κ3) is 3.33. The third-order valence-electron chi connectivity index (χ3n) is 4.04. The standard InChI is InChI=1S/C13H24N2O2S/c1-16-11-8-15(9-12(11)17-2)13(18)14-10-6-4-3-5-7-10/h10-12H,3-9H2,1-2H3,(H,14,18). The first kappa shape index (κ1) is 14.0. The molecule has 0 radical (unpaired) electrons. The van der Waals surface area contributed by atoms with Gasteiger partial charge < -0.3 is 19.7 Å². The molecule has 1 aliphatic heterocycles. The summed E-state index contributed by atoms with van der Waals surface area (Å²) in [5.74, 6) is 0. The molecule has 2 rings (SSSR count). The maximum atomic E-state index is 5.50. The molecule has 0 aromatic rings. The highest BCUT2D eigenvalue weighted by atomic mass is 32.1. The van der Waals surface area contributed by atoms with Gasteiger partial charge in [0, 0.05) is 33.4 Å². The van der Waals surface area contributed by atoms with E-state index in [4.69, 9.17) is 21.7 Å². The van der Waals surface area contributed by atoms with Crippen molar-refractivity contribution in [2.24, 2.45) is 0 Å². The summed E-state index contributed by atoms with van der Waals surface area (Å²) in [5, 5.41) is 4.36. The highest BCUT2D eigenvalue weighted by Crippen LogP contribution is 2.19. The minimum Gasteiger partial charge on any atom is -0.377 e. The van der Waals surface area contributed by atoms with Crippen molar-refractivity contribution in [2.75, 3.05) is 27.3 Å². The molecule has 1 N–H and O–H groups in total. The number of hydrogen-bond donors (Lipinski definition) is 1. The van der Waals surface area contributed by atoms with Crippen molar-refractivity contribution >= 4 is 17.3 Å². The molecule has 0 aromatic carbocycles. The molecule has 0 bridgehead atoms. The van der Waals surface area contributed by atoms with Gasteiger partial charge in [0.2, 0.25) is 0 Å². The average Bonchev–Trinajstić information content (AvgIpc) is 2.83. The Hall–Kier alpha value is -0.390. The van der Waals surface area contributed by atoms with E-state index in [2.05, 4.69) is 10.2 Å². The van der Waals surface area contributed by atoms with Crippen LogP contribution in [0.25, 0.3) is 0 Å².